The topological polar surface area (TPSA) is 358 Å². The number of hydrogen-bond acceptors (Lipinski definition) is 24. The Morgan fingerprint density at radius 1 is 0.869 bits per heavy atom. The van der Waals surface area contributed by atoms with Crippen LogP contribution in [0.1, 0.15) is 10.5 Å². The van der Waals surface area contributed by atoms with Crippen LogP contribution in [0.4, 0.5) is 22.7 Å². The van der Waals surface area contributed by atoms with E-state index in [9.17, 15) is 57.1 Å². The number of fused-ring (bicyclic) bond motifs is 1. The number of sulfone groups is 1. The first-order valence-corrected chi connectivity index (χ1v) is 19.3. The van der Waals surface area contributed by atoms with Crippen molar-refractivity contribution in [2.24, 2.45) is 20.5 Å². The molecule has 4 N–H and O–H groups in total. The minimum absolute atomic E-state index is 0. The maximum Gasteiger partial charge on any atom is 1.00 e. The summed E-state index contributed by atoms with van der Waals surface area (Å²) in [6, 6.07) is 11.3. The van der Waals surface area contributed by atoms with E-state index < -0.39 is 76.8 Å². The zero-order valence-corrected chi connectivity index (χ0v) is 41.5. The van der Waals surface area contributed by atoms with Crippen LogP contribution in [0.25, 0.3) is 16.5 Å². The fourth-order valence-corrected chi connectivity index (χ4v) is 7.32. The molecule has 24 nitrogen and oxygen atoms in total. The Balaban J connectivity index is 0.00000465. The largest absolute Gasteiger partial charge is 1.00 e. The quantitative estimate of drug-likeness (QED) is 0.0121. The van der Waals surface area contributed by atoms with Gasteiger partial charge in [0.2, 0.25) is 0 Å². The number of methoxy groups -OCH3 is 1. The summed E-state index contributed by atoms with van der Waals surface area (Å²) < 4.78 is 78.5. The number of nitrogens with zero attached hydrogens (tertiary/aromatic N) is 6. The number of phenolic OH excluding ortho intramolecular Hbond substituents is 2. The summed E-state index contributed by atoms with van der Waals surface area (Å²) in [7, 11) is -7.84. The third-order valence-corrected chi connectivity index (χ3v) is 10.8. The molecule has 61 heavy (non-hydrogen) atoms. The van der Waals surface area contributed by atoms with Crippen molar-refractivity contribution in [2.45, 2.75) is 14.7 Å². The van der Waals surface area contributed by atoms with Crippen molar-refractivity contribution < 1.29 is 191 Å². The molecule has 0 amide bonds. The molecule has 0 bridgehead atoms. The fourth-order valence-electron chi connectivity index (χ4n) is 4.78. The normalized spacial score (nSPS) is 11.5. The number of benzene rings is 4. The van der Waals surface area contributed by atoms with Crippen LogP contribution >= 0.6 is 24.4 Å². The second-order valence-corrected chi connectivity index (χ2v) is 15.3. The van der Waals surface area contributed by atoms with Crippen LogP contribution in [-0.4, -0.2) is 77.0 Å². The zero-order valence-electron chi connectivity index (χ0n) is 31.3. The van der Waals surface area contributed by atoms with E-state index in [1.807, 2.05) is 0 Å². The molecule has 0 saturated carbocycles. The molecule has 5 rings (SSSR count). The van der Waals surface area contributed by atoms with Gasteiger partial charge in [0.1, 0.15) is 37.9 Å². The predicted molar refractivity (Wildman–Crippen MR) is 185 cm³/mol. The van der Waals surface area contributed by atoms with Gasteiger partial charge in [-0.2, -0.15) is 9.45 Å². The molecule has 1 aromatic heterocycles. The number of hydrogen-bond donors (Lipinski definition) is 4. The number of ether oxygens (including phenoxy) is 1. The number of aromatic nitrogens is 2. The molecule has 5 aromatic rings. The minimum atomic E-state index is -4.81. The first-order chi connectivity index (χ1) is 27.1. The number of aromatic carboxylic acids is 1. The van der Waals surface area contributed by atoms with Gasteiger partial charge in [0.05, 0.1) is 52.7 Å². The Morgan fingerprint density at radius 2 is 1.52 bits per heavy atom. The summed E-state index contributed by atoms with van der Waals surface area (Å²) in [6.45, 7) is -0.463. The SMILES string of the molecule is COc1cc(N=Nc2c(SOO[O-])cc3ccc(N=Nc4c(O)nn(-c5ccc(S(=O)(=O)[O-])cc5)c4C(=O)O)cc3c2O)c(O)cc1S(=O)(=O)CCOSOO[O-].[Cu].[Na+].[Na+].[Na+]. The molecule has 4 aromatic carbocycles. The van der Waals surface area contributed by atoms with E-state index in [4.69, 9.17) is 8.92 Å². The standard InChI is InChI=1S/C29H24N6O18S4.Cu.3Na/c1-48-21-12-19(20(36)13-23(21)56(43,44)9-8-49-55-53-51-42)31-32-24-22(54-52-50-41)10-14-2-3-15(11-18(14)27(24)37)30-33-25-26(29(39)40)35(34-28(25)38)16-4-6-17(7-5-16)57(45,46)47;;;;/h2-7,10-13,36-37,41-42H,8-9H2,1H3,(H,34,38)(H,39,40)(H,45,46,47);;;;/q;;3*+1/p-3. The Labute approximate surface area is 429 Å². The van der Waals surface area contributed by atoms with E-state index in [0.717, 1.165) is 48.2 Å². The van der Waals surface area contributed by atoms with Crippen LogP contribution < -0.4 is 104 Å². The molecular weight excluding hydrogens is 981 g/mol. The summed E-state index contributed by atoms with van der Waals surface area (Å²) in [4.78, 5) is 11.1. The zero-order chi connectivity index (χ0) is 41.5. The van der Waals surface area contributed by atoms with Gasteiger partial charge in [-0.1, -0.05) is 6.07 Å². The van der Waals surface area contributed by atoms with Crippen LogP contribution in [0.2, 0.25) is 0 Å². The number of carboxylic acid groups (broad SMARTS) is 1. The molecule has 0 unspecified atom stereocenters. The van der Waals surface area contributed by atoms with Crippen LogP contribution in [0.3, 0.4) is 0 Å². The molecule has 0 spiro atoms. The van der Waals surface area contributed by atoms with E-state index in [2.05, 4.69) is 44.3 Å². The van der Waals surface area contributed by atoms with Gasteiger partial charge in [0, 0.05) is 34.6 Å². The molecule has 0 fully saturated rings. The van der Waals surface area contributed by atoms with Gasteiger partial charge in [-0.3, -0.25) is 14.3 Å². The van der Waals surface area contributed by atoms with Crippen molar-refractivity contribution >= 4 is 83.8 Å². The Bertz CT molecular complexity index is 2610. The van der Waals surface area contributed by atoms with Crippen molar-refractivity contribution in [3.05, 3.63) is 66.4 Å². The van der Waals surface area contributed by atoms with Crippen LogP contribution in [0, 0.1) is 0 Å². The molecule has 0 aliphatic carbocycles. The van der Waals surface area contributed by atoms with Crippen molar-refractivity contribution in [1.82, 2.24) is 9.78 Å². The molecule has 0 aliphatic rings. The predicted octanol–water partition coefficient (Wildman–Crippen LogP) is -5.60. The second-order valence-electron chi connectivity index (χ2n) is 10.6. The molecular formula is C29H21CuN6Na3O18S4. The van der Waals surface area contributed by atoms with Crippen molar-refractivity contribution in [1.29, 1.82) is 0 Å². The van der Waals surface area contributed by atoms with Gasteiger partial charge < -0.3 is 40.2 Å². The van der Waals surface area contributed by atoms with Gasteiger partial charge in [0.25, 0.3) is 5.88 Å². The second kappa shape index (κ2) is 25.5. The van der Waals surface area contributed by atoms with Crippen molar-refractivity contribution in [3.8, 4) is 28.8 Å². The fraction of sp³-hybridized carbons (Fsp3) is 0.103. The van der Waals surface area contributed by atoms with E-state index in [0.29, 0.717) is 17.4 Å². The maximum atomic E-state index is 12.9. The van der Waals surface area contributed by atoms with Gasteiger partial charge in [-0.25, -0.2) is 26.3 Å². The third kappa shape index (κ3) is 14.3. The average molecular weight is 1000 g/mol. The average Bonchev–Trinajstić information content (AvgIpc) is 3.51. The summed E-state index contributed by atoms with van der Waals surface area (Å²) in [6.07, 6.45) is 0. The molecule has 0 atom stereocenters. The molecule has 32 heteroatoms. The Kier molecular flexibility index (Phi) is 23.8. The van der Waals surface area contributed by atoms with Crippen LogP contribution in [-0.2, 0) is 60.0 Å². The van der Waals surface area contributed by atoms with Crippen molar-refractivity contribution in [3.63, 3.8) is 0 Å². The monoisotopic (exact) mass is 1000 g/mol. The summed E-state index contributed by atoms with van der Waals surface area (Å²) in [5, 5.41) is 89.0. The number of rotatable bonds is 18. The minimum Gasteiger partial charge on any atom is -0.744 e. The maximum absolute atomic E-state index is 12.9. The summed E-state index contributed by atoms with van der Waals surface area (Å²) >= 11 is 0.415. The molecule has 1 radical (unpaired) electrons. The van der Waals surface area contributed by atoms with Gasteiger partial charge in [-0.15, -0.1) is 24.8 Å². The summed E-state index contributed by atoms with van der Waals surface area (Å²) in [5.41, 5.74) is -2.11. The van der Waals surface area contributed by atoms with E-state index in [-0.39, 0.29) is 157 Å². The van der Waals surface area contributed by atoms with Crippen LogP contribution in [0.15, 0.2) is 95.8 Å². The van der Waals surface area contributed by atoms with Crippen LogP contribution in [0.5, 0.6) is 23.1 Å². The van der Waals surface area contributed by atoms with Crippen molar-refractivity contribution in [2.75, 3.05) is 19.5 Å². The van der Waals surface area contributed by atoms with Gasteiger partial charge in [-0.05, 0) is 47.9 Å². The van der Waals surface area contributed by atoms with E-state index in [1.54, 1.807) is 0 Å². The van der Waals surface area contributed by atoms with E-state index >= 15 is 0 Å². The van der Waals surface area contributed by atoms with Gasteiger partial charge in [0.15, 0.2) is 39.3 Å². The van der Waals surface area contributed by atoms with Gasteiger partial charge >= 0.3 is 94.6 Å². The first kappa shape index (κ1) is 57.0. The smallest absolute Gasteiger partial charge is 0.744 e. The molecule has 0 aliphatic heterocycles. The Morgan fingerprint density at radius 3 is 2.13 bits per heavy atom. The first-order valence-electron chi connectivity index (χ1n) is 14.9. The number of carboxylic acids is 1. The summed E-state index contributed by atoms with van der Waals surface area (Å²) in [5.74, 6) is -4.74. The van der Waals surface area contributed by atoms with E-state index in [1.165, 1.54) is 24.3 Å². The Hall–Kier alpha value is -1.98. The number of aromatic hydroxyl groups is 3. The molecule has 1 heterocycles. The number of carbonyl (C=O) groups is 1. The number of azo groups is 2. The third-order valence-electron chi connectivity index (χ3n) is 7.26. The molecule has 313 valence electrons. The number of phenols is 2. The molecule has 0 saturated heterocycles.